The van der Waals surface area contributed by atoms with Gasteiger partial charge in [0, 0.05) is 0 Å². The maximum atomic E-state index is 11.7. The number of carbonyl (C=O) groups excluding carboxylic acids is 1. The molecule has 0 saturated carbocycles. The lowest BCUT2D eigenvalue weighted by Gasteiger charge is -2.19. The quantitative estimate of drug-likeness (QED) is 0.325. The summed E-state index contributed by atoms with van der Waals surface area (Å²) in [5, 5.41) is 9.35. The molecule has 0 fully saturated rings. The number of aromatic amines is 1. The first kappa shape index (κ1) is 21.8. The molecule has 2 rings (SSSR count). The molecule has 6 N–H and O–H groups in total. The fourth-order valence-electron chi connectivity index (χ4n) is 1.95. The van der Waals surface area contributed by atoms with Crippen molar-refractivity contribution < 1.29 is 31.8 Å². The molecule has 0 amide bonds. The Kier molecular flexibility index (Phi) is 7.96. The van der Waals surface area contributed by atoms with Crippen molar-refractivity contribution in [1.29, 1.82) is 0 Å². The van der Waals surface area contributed by atoms with Gasteiger partial charge >= 0.3 is 5.97 Å². The van der Waals surface area contributed by atoms with E-state index in [0.717, 1.165) is 0 Å². The molecule has 2 heterocycles. The fourth-order valence-corrected chi connectivity index (χ4v) is 1.95. The Morgan fingerprint density at radius 2 is 2.15 bits per heavy atom. The number of hydrogen-bond acceptors (Lipinski definition) is 9. The number of nitrogens with two attached hydrogens (primary N) is 2. The lowest BCUT2D eigenvalue weighted by atomic mass is 10.1. The van der Waals surface area contributed by atoms with E-state index in [2.05, 4.69) is 15.0 Å². The van der Waals surface area contributed by atoms with Crippen LogP contribution >= 0.6 is 0 Å². The molecular formula is C14H22ClN6O5-. The number of nitrogen functional groups attached to an aromatic ring is 1. The molecule has 0 aliphatic carbocycles. The number of imidazole rings is 1. The number of hydrogen-bond donors (Lipinski definition) is 4. The summed E-state index contributed by atoms with van der Waals surface area (Å²) in [6.45, 7) is 3.02. The van der Waals surface area contributed by atoms with Gasteiger partial charge in [0.05, 0.1) is 12.9 Å². The van der Waals surface area contributed by atoms with Gasteiger partial charge in [-0.25, -0.2) is 4.98 Å². The first-order valence-electron chi connectivity index (χ1n) is 7.68. The molecule has 0 saturated heterocycles. The summed E-state index contributed by atoms with van der Waals surface area (Å²) in [4.78, 5) is 33.7. The maximum Gasteiger partial charge on any atom is 0.323 e. The number of esters is 1. The molecule has 0 radical (unpaired) electrons. The molecule has 12 heteroatoms. The highest BCUT2D eigenvalue weighted by Crippen LogP contribution is 2.08. The van der Waals surface area contributed by atoms with Gasteiger partial charge in [0.1, 0.15) is 25.5 Å². The van der Waals surface area contributed by atoms with Crippen molar-refractivity contribution in [2.75, 3.05) is 18.9 Å². The van der Waals surface area contributed by atoms with Gasteiger partial charge in [-0.2, -0.15) is 4.98 Å². The van der Waals surface area contributed by atoms with Crippen LogP contribution in [0.1, 0.15) is 13.8 Å². The van der Waals surface area contributed by atoms with Crippen LogP contribution in [-0.4, -0.2) is 56.0 Å². The van der Waals surface area contributed by atoms with E-state index in [-0.39, 0.29) is 55.4 Å². The zero-order valence-electron chi connectivity index (χ0n) is 14.4. The molecule has 0 aromatic carbocycles. The molecular weight excluding hydrogens is 368 g/mol. The van der Waals surface area contributed by atoms with Crippen LogP contribution in [0, 0.1) is 5.92 Å². The van der Waals surface area contributed by atoms with Crippen LogP contribution in [0.3, 0.4) is 0 Å². The lowest BCUT2D eigenvalue weighted by Crippen LogP contribution is -3.00. The van der Waals surface area contributed by atoms with Gasteiger partial charge in [0.2, 0.25) is 5.95 Å². The van der Waals surface area contributed by atoms with E-state index >= 15 is 0 Å². The highest BCUT2D eigenvalue weighted by molar-refractivity contribution is 5.75. The molecule has 2 atom stereocenters. The Balaban J connectivity index is 0.00000338. The minimum absolute atomic E-state index is 0. The van der Waals surface area contributed by atoms with Gasteiger partial charge in [-0.1, -0.05) is 13.8 Å². The van der Waals surface area contributed by atoms with Crippen LogP contribution in [0.4, 0.5) is 5.95 Å². The Bertz CT molecular complexity index is 792. The third-order valence-corrected chi connectivity index (χ3v) is 3.55. The van der Waals surface area contributed by atoms with E-state index in [4.69, 9.17) is 20.9 Å². The minimum atomic E-state index is -0.764. The summed E-state index contributed by atoms with van der Waals surface area (Å²) in [6, 6.07) is -0.740. The number of rotatable bonds is 8. The monoisotopic (exact) mass is 389 g/mol. The maximum absolute atomic E-state index is 11.7. The number of carbonyl (C=O) groups is 1. The van der Waals surface area contributed by atoms with Gasteiger partial charge in [-0.3, -0.25) is 19.1 Å². The minimum Gasteiger partial charge on any atom is -1.00 e. The SMILES string of the molecule is CC(C)[C@H](N)C(=O)OCC(CO)OCn1cnc2c(=O)[nH]c(N)nc21.[Cl-]. The molecule has 0 aliphatic heterocycles. The Morgan fingerprint density at radius 3 is 2.77 bits per heavy atom. The van der Waals surface area contributed by atoms with Crippen LogP contribution in [0.25, 0.3) is 11.2 Å². The zero-order valence-corrected chi connectivity index (χ0v) is 15.1. The smallest absolute Gasteiger partial charge is 0.323 e. The van der Waals surface area contributed by atoms with E-state index in [0.29, 0.717) is 0 Å². The van der Waals surface area contributed by atoms with Crippen molar-refractivity contribution >= 4 is 23.1 Å². The number of aromatic nitrogens is 4. The van der Waals surface area contributed by atoms with Gasteiger partial charge in [0.25, 0.3) is 5.56 Å². The summed E-state index contributed by atoms with van der Waals surface area (Å²) in [5.74, 6) is -0.673. The number of nitrogens with one attached hydrogen (secondary N) is 1. The van der Waals surface area contributed by atoms with E-state index in [1.54, 1.807) is 13.8 Å². The third-order valence-electron chi connectivity index (χ3n) is 3.55. The summed E-state index contributed by atoms with van der Waals surface area (Å²) in [6.07, 6.45) is 0.599. The second-order valence-electron chi connectivity index (χ2n) is 5.84. The molecule has 2 aromatic rings. The van der Waals surface area contributed by atoms with Crippen LogP contribution in [0.2, 0.25) is 0 Å². The Morgan fingerprint density at radius 1 is 1.46 bits per heavy atom. The van der Waals surface area contributed by atoms with Gasteiger partial charge < -0.3 is 38.5 Å². The average molecular weight is 390 g/mol. The number of ether oxygens (including phenoxy) is 2. The van der Waals surface area contributed by atoms with Crippen LogP contribution in [-0.2, 0) is 21.0 Å². The Labute approximate surface area is 155 Å². The number of nitrogens with zero attached hydrogens (tertiary/aromatic N) is 3. The van der Waals surface area contributed by atoms with Crippen LogP contribution < -0.4 is 29.4 Å². The average Bonchev–Trinajstić information content (AvgIpc) is 2.97. The number of fused-ring (bicyclic) bond motifs is 1. The molecule has 0 aliphatic rings. The summed E-state index contributed by atoms with van der Waals surface area (Å²) in [5.41, 5.74) is 11.1. The second-order valence-corrected chi connectivity index (χ2v) is 5.84. The molecule has 2 aromatic heterocycles. The third kappa shape index (κ3) is 5.14. The van der Waals surface area contributed by atoms with Crippen molar-refractivity contribution in [3.8, 4) is 0 Å². The normalized spacial score (nSPS) is 13.4. The Hall–Kier alpha value is -2.21. The number of aliphatic hydroxyl groups is 1. The highest BCUT2D eigenvalue weighted by atomic mass is 35.5. The largest absolute Gasteiger partial charge is 1.00 e. The summed E-state index contributed by atoms with van der Waals surface area (Å²) in [7, 11) is 0. The molecule has 146 valence electrons. The van der Waals surface area contributed by atoms with Crippen molar-refractivity contribution in [1.82, 2.24) is 19.5 Å². The molecule has 26 heavy (non-hydrogen) atoms. The molecule has 0 bridgehead atoms. The molecule has 0 spiro atoms. The summed E-state index contributed by atoms with van der Waals surface area (Å²) >= 11 is 0. The van der Waals surface area contributed by atoms with Gasteiger partial charge in [-0.15, -0.1) is 0 Å². The van der Waals surface area contributed by atoms with E-state index in [1.165, 1.54) is 10.9 Å². The van der Waals surface area contributed by atoms with Gasteiger partial charge in [0.15, 0.2) is 11.2 Å². The zero-order chi connectivity index (χ0) is 18.6. The first-order chi connectivity index (χ1) is 11.8. The molecule has 1 unspecified atom stereocenters. The predicted octanol–water partition coefficient (Wildman–Crippen LogP) is -4.43. The van der Waals surface area contributed by atoms with Gasteiger partial charge in [-0.05, 0) is 5.92 Å². The number of halogens is 1. The van der Waals surface area contributed by atoms with E-state index < -0.39 is 23.7 Å². The number of anilines is 1. The fraction of sp³-hybridized carbons (Fsp3) is 0.571. The van der Waals surface area contributed by atoms with E-state index in [1.807, 2.05) is 0 Å². The first-order valence-corrected chi connectivity index (χ1v) is 7.68. The van der Waals surface area contributed by atoms with Crippen LogP contribution in [0.15, 0.2) is 11.1 Å². The van der Waals surface area contributed by atoms with Crippen molar-refractivity contribution in [3.63, 3.8) is 0 Å². The molecule has 11 nitrogen and oxygen atoms in total. The van der Waals surface area contributed by atoms with Crippen molar-refractivity contribution in [2.45, 2.75) is 32.7 Å². The number of H-pyrrole nitrogens is 1. The highest BCUT2D eigenvalue weighted by Gasteiger charge is 2.21. The standard InChI is InChI=1S/C14H22N6O5.ClH/c1-7(2)9(15)13(23)24-4-8(3-21)25-6-20-5-17-10-11(20)18-14(16)19-12(10)22;/h5,7-9,21H,3-4,6,15H2,1-2H3,(H3,16,18,19,22);1H/p-1/t8?,9-;/m0./s1. The van der Waals surface area contributed by atoms with Crippen molar-refractivity contribution in [3.05, 3.63) is 16.7 Å². The van der Waals surface area contributed by atoms with Crippen LogP contribution in [0.5, 0.6) is 0 Å². The second kappa shape index (κ2) is 9.48. The predicted molar refractivity (Wildman–Crippen MR) is 88.3 cm³/mol. The topological polar surface area (TPSA) is 171 Å². The number of aliphatic hydroxyl groups excluding tert-OH is 1. The van der Waals surface area contributed by atoms with E-state index in [9.17, 15) is 14.7 Å². The lowest BCUT2D eigenvalue weighted by molar-refractivity contribution is -0.153. The summed E-state index contributed by atoms with van der Waals surface area (Å²) < 4.78 is 12.0. The van der Waals surface area contributed by atoms with Crippen molar-refractivity contribution in [2.24, 2.45) is 11.7 Å².